The highest BCUT2D eigenvalue weighted by molar-refractivity contribution is 6.42. The van der Waals surface area contributed by atoms with Crippen LogP contribution in [0.25, 0.3) is 22.6 Å². The van der Waals surface area contributed by atoms with E-state index in [4.69, 9.17) is 51.1 Å². The Kier molecular flexibility index (Phi) is 6.22. The van der Waals surface area contributed by atoms with Gasteiger partial charge in [-0.3, -0.25) is 0 Å². The topological polar surface area (TPSA) is 52.1 Å². The molecule has 138 valence electrons. The lowest BCUT2D eigenvalue weighted by molar-refractivity contribution is 0.0519. The summed E-state index contributed by atoms with van der Waals surface area (Å²) in [6.07, 6.45) is 0. The molecule has 0 fully saturated rings. The summed E-state index contributed by atoms with van der Waals surface area (Å²) in [5.41, 5.74) is 1.90. The van der Waals surface area contributed by atoms with Crippen LogP contribution in [-0.2, 0) is 4.74 Å². The summed E-state index contributed by atoms with van der Waals surface area (Å²) in [7, 11) is 0. The van der Waals surface area contributed by atoms with Crippen molar-refractivity contribution in [1.29, 1.82) is 0 Å². The molecule has 0 amide bonds. The van der Waals surface area contributed by atoms with E-state index < -0.39 is 5.97 Å². The van der Waals surface area contributed by atoms with E-state index in [0.717, 1.165) is 0 Å². The van der Waals surface area contributed by atoms with Crippen molar-refractivity contribution in [1.82, 2.24) is 9.97 Å². The molecular formula is C19H12Cl4N2O2. The van der Waals surface area contributed by atoms with Gasteiger partial charge in [0.1, 0.15) is 0 Å². The Bertz CT molecular complexity index is 955. The minimum atomic E-state index is -0.553. The lowest BCUT2D eigenvalue weighted by Gasteiger charge is -2.09. The zero-order valence-electron chi connectivity index (χ0n) is 14.0. The Balaban J connectivity index is 2.17. The fourth-order valence-electron chi connectivity index (χ4n) is 2.32. The predicted octanol–water partition coefficient (Wildman–Crippen LogP) is 6.60. The number of carbonyl (C=O) groups excluding carboxylic acids is 1. The molecular weight excluding hydrogens is 430 g/mol. The molecule has 3 aromatic rings. The Labute approximate surface area is 176 Å². The second-order valence-corrected chi connectivity index (χ2v) is 7.07. The van der Waals surface area contributed by atoms with E-state index in [-0.39, 0.29) is 12.3 Å². The molecule has 2 aromatic carbocycles. The predicted molar refractivity (Wildman–Crippen MR) is 109 cm³/mol. The maximum atomic E-state index is 12.2. The van der Waals surface area contributed by atoms with E-state index in [9.17, 15) is 4.79 Å². The van der Waals surface area contributed by atoms with Crippen LogP contribution >= 0.6 is 46.4 Å². The average Bonchev–Trinajstić information content (AvgIpc) is 2.66. The highest BCUT2D eigenvalue weighted by Crippen LogP contribution is 2.31. The van der Waals surface area contributed by atoms with E-state index in [1.807, 2.05) is 0 Å². The largest absolute Gasteiger partial charge is 0.461 e. The number of rotatable bonds is 4. The molecule has 3 rings (SSSR count). The molecule has 0 atom stereocenters. The minimum Gasteiger partial charge on any atom is -0.461 e. The second kappa shape index (κ2) is 8.44. The standard InChI is InChI=1S/C19H12Cl4N2O2/c1-2-27-19(26)17-9-16(10-3-5-12(20)14(22)7-10)24-18(25-17)11-4-6-13(21)15(23)8-11/h3-9H,2H2,1H3. The fraction of sp³-hybridized carbons (Fsp3) is 0.105. The van der Waals surface area contributed by atoms with Crippen molar-refractivity contribution < 1.29 is 9.53 Å². The van der Waals surface area contributed by atoms with Gasteiger partial charge in [0.15, 0.2) is 11.5 Å². The van der Waals surface area contributed by atoms with Crippen LogP contribution in [0.15, 0.2) is 42.5 Å². The van der Waals surface area contributed by atoms with Gasteiger partial charge in [-0.05, 0) is 43.3 Å². The zero-order chi connectivity index (χ0) is 19.6. The van der Waals surface area contributed by atoms with Crippen molar-refractivity contribution in [3.05, 3.63) is 68.2 Å². The fourth-order valence-corrected chi connectivity index (χ4v) is 2.92. The van der Waals surface area contributed by atoms with Crippen molar-refractivity contribution in [2.45, 2.75) is 6.92 Å². The minimum absolute atomic E-state index is 0.119. The summed E-state index contributed by atoms with van der Waals surface area (Å²) < 4.78 is 5.07. The first-order chi connectivity index (χ1) is 12.9. The molecule has 1 aromatic heterocycles. The van der Waals surface area contributed by atoms with Crippen LogP contribution in [0.1, 0.15) is 17.4 Å². The van der Waals surface area contributed by atoms with Gasteiger partial charge in [0.05, 0.1) is 32.4 Å². The van der Waals surface area contributed by atoms with Crippen LogP contribution in [0.4, 0.5) is 0 Å². The Morgan fingerprint density at radius 3 is 2.04 bits per heavy atom. The molecule has 0 N–H and O–H groups in total. The van der Waals surface area contributed by atoms with Crippen LogP contribution in [0.2, 0.25) is 20.1 Å². The SMILES string of the molecule is CCOC(=O)c1cc(-c2ccc(Cl)c(Cl)c2)nc(-c2ccc(Cl)c(Cl)c2)n1. The first-order valence-electron chi connectivity index (χ1n) is 7.86. The van der Waals surface area contributed by atoms with Crippen molar-refractivity contribution in [2.24, 2.45) is 0 Å². The number of aromatic nitrogens is 2. The summed E-state index contributed by atoms with van der Waals surface area (Å²) in [6, 6.07) is 11.6. The smallest absolute Gasteiger partial charge is 0.357 e. The van der Waals surface area contributed by atoms with Gasteiger partial charge in [0.25, 0.3) is 0 Å². The Hall–Kier alpha value is -1.85. The van der Waals surface area contributed by atoms with Gasteiger partial charge >= 0.3 is 5.97 Å². The number of carbonyl (C=O) groups is 1. The first-order valence-corrected chi connectivity index (χ1v) is 9.37. The molecule has 4 nitrogen and oxygen atoms in total. The number of halogens is 4. The van der Waals surface area contributed by atoms with E-state index in [0.29, 0.717) is 42.7 Å². The second-order valence-electron chi connectivity index (χ2n) is 5.44. The van der Waals surface area contributed by atoms with Gasteiger partial charge < -0.3 is 4.74 Å². The van der Waals surface area contributed by atoms with Crippen molar-refractivity contribution in [2.75, 3.05) is 6.61 Å². The molecule has 0 unspecified atom stereocenters. The highest BCUT2D eigenvalue weighted by Gasteiger charge is 2.16. The van der Waals surface area contributed by atoms with Crippen LogP contribution in [0.3, 0.4) is 0 Å². The number of hydrogen-bond acceptors (Lipinski definition) is 4. The van der Waals surface area contributed by atoms with Crippen LogP contribution in [0, 0.1) is 0 Å². The third kappa shape index (κ3) is 4.53. The molecule has 0 bridgehead atoms. The van der Waals surface area contributed by atoms with E-state index in [1.165, 1.54) is 0 Å². The van der Waals surface area contributed by atoms with Gasteiger partial charge in [-0.2, -0.15) is 0 Å². The Morgan fingerprint density at radius 2 is 1.44 bits per heavy atom. The van der Waals surface area contributed by atoms with Crippen molar-refractivity contribution in [3.8, 4) is 22.6 Å². The summed E-state index contributed by atoms with van der Waals surface area (Å²) in [4.78, 5) is 21.1. The normalized spacial score (nSPS) is 10.7. The molecule has 0 aliphatic heterocycles. The van der Waals surface area contributed by atoms with Gasteiger partial charge in [0.2, 0.25) is 0 Å². The number of nitrogens with zero attached hydrogens (tertiary/aromatic N) is 2. The molecule has 0 saturated heterocycles. The highest BCUT2D eigenvalue weighted by atomic mass is 35.5. The summed E-state index contributed by atoms with van der Waals surface area (Å²) >= 11 is 24.2. The lowest BCUT2D eigenvalue weighted by Crippen LogP contribution is -2.09. The number of esters is 1. The monoisotopic (exact) mass is 440 g/mol. The quantitative estimate of drug-likeness (QED) is 0.428. The number of ether oxygens (including phenoxy) is 1. The first kappa shape index (κ1) is 19.9. The summed E-state index contributed by atoms with van der Waals surface area (Å²) in [5, 5.41) is 1.56. The van der Waals surface area contributed by atoms with E-state index in [2.05, 4.69) is 9.97 Å². The molecule has 0 saturated carbocycles. The van der Waals surface area contributed by atoms with Gasteiger partial charge in [-0.15, -0.1) is 0 Å². The maximum Gasteiger partial charge on any atom is 0.357 e. The third-order valence-electron chi connectivity index (χ3n) is 3.60. The summed E-state index contributed by atoms with van der Waals surface area (Å²) in [6.45, 7) is 1.95. The molecule has 1 heterocycles. The van der Waals surface area contributed by atoms with Crippen molar-refractivity contribution >= 4 is 52.4 Å². The molecule has 0 radical (unpaired) electrons. The van der Waals surface area contributed by atoms with Crippen molar-refractivity contribution in [3.63, 3.8) is 0 Å². The number of benzene rings is 2. The molecule has 27 heavy (non-hydrogen) atoms. The van der Waals surface area contributed by atoms with Crippen LogP contribution in [-0.4, -0.2) is 22.5 Å². The zero-order valence-corrected chi connectivity index (χ0v) is 17.0. The number of hydrogen-bond donors (Lipinski definition) is 0. The molecule has 8 heteroatoms. The van der Waals surface area contributed by atoms with Gasteiger partial charge in [-0.1, -0.05) is 52.5 Å². The molecule has 0 aliphatic rings. The van der Waals surface area contributed by atoms with Crippen LogP contribution in [0.5, 0.6) is 0 Å². The van der Waals surface area contributed by atoms with Gasteiger partial charge in [-0.25, -0.2) is 14.8 Å². The Morgan fingerprint density at radius 1 is 0.852 bits per heavy atom. The third-order valence-corrected chi connectivity index (χ3v) is 5.08. The molecule has 0 spiro atoms. The van der Waals surface area contributed by atoms with E-state index >= 15 is 0 Å². The molecule has 0 aliphatic carbocycles. The average molecular weight is 442 g/mol. The van der Waals surface area contributed by atoms with E-state index in [1.54, 1.807) is 49.4 Å². The summed E-state index contributed by atoms with van der Waals surface area (Å²) in [5.74, 6) is -0.247. The van der Waals surface area contributed by atoms with Crippen LogP contribution < -0.4 is 0 Å². The maximum absolute atomic E-state index is 12.2. The lowest BCUT2D eigenvalue weighted by atomic mass is 10.1. The van der Waals surface area contributed by atoms with Gasteiger partial charge in [0, 0.05) is 11.1 Å².